The molecule has 0 saturated carbocycles. The predicted octanol–water partition coefficient (Wildman–Crippen LogP) is 11.0. The summed E-state index contributed by atoms with van der Waals surface area (Å²) in [7, 11) is 13.2. The summed E-state index contributed by atoms with van der Waals surface area (Å²) in [5, 5.41) is 0. The number of ether oxygens (including phenoxy) is 6. The molecule has 24 atom stereocenters. The van der Waals surface area contributed by atoms with Gasteiger partial charge in [0.2, 0.25) is 0 Å². The van der Waals surface area contributed by atoms with E-state index in [9.17, 15) is 4.79 Å². The molecular weight excluding hydrogens is 908 g/mol. The molecule has 340 valence electrons. The molecule has 9 nitrogen and oxygen atoms in total. The lowest BCUT2D eigenvalue weighted by Gasteiger charge is -2.48. The van der Waals surface area contributed by atoms with Crippen LogP contribution in [-0.4, -0.2) is 97.4 Å². The van der Waals surface area contributed by atoms with Gasteiger partial charge in [-0.1, -0.05) is 81.8 Å². The van der Waals surface area contributed by atoms with E-state index in [0.29, 0.717) is 31.1 Å². The molecule has 0 aromatic rings. The van der Waals surface area contributed by atoms with Gasteiger partial charge in [-0.05, 0) is 112 Å². The second-order valence-corrected chi connectivity index (χ2v) is 32.8. The largest absolute Gasteiger partial charge is 0.374 e. The Morgan fingerprint density at radius 1 is 0.733 bits per heavy atom. The van der Waals surface area contributed by atoms with Crippen molar-refractivity contribution in [3.05, 3.63) is 36.5 Å². The van der Waals surface area contributed by atoms with Gasteiger partial charge in [0, 0.05) is 19.3 Å². The van der Waals surface area contributed by atoms with Crippen LogP contribution < -0.4 is 0 Å². The average Bonchev–Trinajstić information content (AvgIpc) is 3.81. The van der Waals surface area contributed by atoms with Crippen LogP contribution in [0.4, 0.5) is 0 Å². The van der Waals surface area contributed by atoms with Gasteiger partial charge in [0.15, 0.2) is 0 Å². The first-order valence-electron chi connectivity index (χ1n) is 22.5. The van der Waals surface area contributed by atoms with Crippen molar-refractivity contribution < 1.29 is 42.3 Å². The molecule has 60 heavy (non-hydrogen) atoms. The number of hydrogen-bond acceptors (Lipinski definition) is 9. The minimum atomic E-state index is -0.901. The van der Waals surface area contributed by atoms with E-state index in [1.54, 1.807) is 0 Å². The van der Waals surface area contributed by atoms with Gasteiger partial charge in [-0.3, -0.25) is 4.79 Å². The number of Topliss-reactive ketones (excluding diaryl/α,β-unsaturated/α-hetero) is 1. The van der Waals surface area contributed by atoms with Crippen LogP contribution in [-0.2, 0) is 42.3 Å². The van der Waals surface area contributed by atoms with Crippen molar-refractivity contribution in [3.8, 4) is 0 Å². The van der Waals surface area contributed by atoms with Crippen molar-refractivity contribution in [2.75, 3.05) is 6.16 Å². The molecule has 7 aliphatic heterocycles. The summed E-state index contributed by atoms with van der Waals surface area (Å²) >= 11 is 0. The molecule has 0 N–H and O–H groups in total. The van der Waals surface area contributed by atoms with Crippen LogP contribution in [0.25, 0.3) is 0 Å². The zero-order valence-corrected chi connectivity index (χ0v) is 44.6. The number of carbonyl (C=O) groups excluding carboxylic acids is 1. The molecule has 10 unspecified atom stereocenters. The SMILES string of the molecule is C=C1CC[C@H]2CC(=C)C(CC[C@H]3C[C@@H](C)C(=C)C(C[C@@H]4O[C@H](C[C@H](C)CCPP)[C@H](C)[C@H]4CC(=O)CC4CC[C@@H]5O[C@@H]6C(O[C@H](C1)[C@@H]6OP(P)P)[C@@H](OP(P)P)[C@H]5O4)O3)O2. The van der Waals surface area contributed by atoms with Crippen molar-refractivity contribution in [1.82, 2.24) is 0 Å². The van der Waals surface area contributed by atoms with Crippen LogP contribution in [0.1, 0.15) is 111 Å². The van der Waals surface area contributed by atoms with Crippen LogP contribution in [0.2, 0.25) is 0 Å². The molecule has 0 spiro atoms. The summed E-state index contributed by atoms with van der Waals surface area (Å²) in [5.74, 6) is 1.51. The Morgan fingerprint density at radius 3 is 2.17 bits per heavy atom. The molecule has 0 aromatic carbocycles. The highest BCUT2D eigenvalue weighted by Gasteiger charge is 2.59. The van der Waals surface area contributed by atoms with Crippen LogP contribution in [0, 0.1) is 23.7 Å². The van der Waals surface area contributed by atoms with Crippen molar-refractivity contribution in [2.24, 2.45) is 23.7 Å². The highest BCUT2D eigenvalue weighted by atomic mass is 32.4. The molecule has 7 aliphatic rings. The summed E-state index contributed by atoms with van der Waals surface area (Å²) < 4.78 is 54.8. The normalized spacial score (nSPS) is 43.9. The third kappa shape index (κ3) is 12.6. The quantitative estimate of drug-likeness (QED) is 0.165. The molecule has 7 heterocycles. The molecule has 7 rings (SSSR count). The van der Waals surface area contributed by atoms with Crippen molar-refractivity contribution >= 4 is 73.7 Å². The van der Waals surface area contributed by atoms with Gasteiger partial charge in [-0.2, -0.15) is 0 Å². The fourth-order valence-electron chi connectivity index (χ4n) is 11.2. The molecule has 8 bridgehead atoms. The summed E-state index contributed by atoms with van der Waals surface area (Å²) in [5.41, 5.74) is 3.45. The maximum Gasteiger partial charge on any atom is 0.135 e. The Kier molecular flexibility index (Phi) is 19.0. The zero-order chi connectivity index (χ0) is 42.8. The van der Waals surface area contributed by atoms with E-state index >= 15 is 0 Å². The first-order valence-corrected chi connectivity index (χ1v) is 34.5. The van der Waals surface area contributed by atoms with E-state index in [1.807, 2.05) is 0 Å². The van der Waals surface area contributed by atoms with Crippen LogP contribution >= 0.6 is 68.0 Å². The topological polar surface area (TPSA) is 90.9 Å². The molecule has 0 aliphatic carbocycles. The molecule has 0 radical (unpaired) electrons. The number of rotatable bonds is 9. The third-order valence-electron chi connectivity index (χ3n) is 14.6. The molecule has 7 fully saturated rings. The number of hydrogen-bond donors (Lipinski definition) is 0. The van der Waals surface area contributed by atoms with Gasteiger partial charge in [0.1, 0.15) is 36.3 Å². The van der Waals surface area contributed by atoms with Crippen LogP contribution in [0.5, 0.6) is 0 Å². The number of carbonyl (C=O) groups is 1. The average molecular weight is 983 g/mol. The standard InChI is InChI=1S/C43H74O9P8/c1-22-7-8-29-18-25(4)33(45-29)11-9-30-17-24(3)26(5)36(46-30)21-37-32(27(6)35(48-37)15-23(2)13-14-58-53)20-28(44)19-31-10-12-34-39(47-31)43(52-60(56)57)42-41(49-34)40(51-59(54)55)38(16-22)50-42/h23-24,27,29-43,58H,1,4-5,7-21,53-57H2,2-3,6H3/t23-,24-,27-,29+,30+,31?,32-,33?,34+,35-,36?,37+,38-,39+,40+,41+,42?,43+/m1/s1. The predicted molar refractivity (Wildman–Crippen MR) is 265 cm³/mol. The van der Waals surface area contributed by atoms with E-state index < -0.39 is 15.1 Å². The number of ketones is 1. The van der Waals surface area contributed by atoms with Gasteiger partial charge in [0.25, 0.3) is 0 Å². The minimum Gasteiger partial charge on any atom is -0.374 e. The lowest BCUT2D eigenvalue weighted by atomic mass is 9.78. The van der Waals surface area contributed by atoms with Crippen LogP contribution in [0.3, 0.4) is 0 Å². The maximum absolute atomic E-state index is 14.3. The van der Waals surface area contributed by atoms with E-state index in [4.69, 9.17) is 37.5 Å². The highest BCUT2D eigenvalue weighted by Crippen LogP contribution is 2.60. The molecule has 0 amide bonds. The summed E-state index contributed by atoms with van der Waals surface area (Å²) in [6.45, 7) is 20.5. The van der Waals surface area contributed by atoms with E-state index in [-0.39, 0.29) is 103 Å². The molecule has 0 aromatic heterocycles. The third-order valence-corrected chi connectivity index (χ3v) is 18.4. The summed E-state index contributed by atoms with van der Waals surface area (Å²) in [6, 6.07) is 0. The van der Waals surface area contributed by atoms with Gasteiger partial charge in [-0.25, -0.2) is 0 Å². The molecule has 17 heteroatoms. The smallest absolute Gasteiger partial charge is 0.135 e. The Morgan fingerprint density at radius 2 is 1.42 bits per heavy atom. The fourth-order valence-corrected chi connectivity index (χ4v) is 15.1. The lowest BCUT2D eigenvalue weighted by molar-refractivity contribution is -0.251. The second kappa shape index (κ2) is 22.9. The first kappa shape index (κ1) is 49.9. The summed E-state index contributed by atoms with van der Waals surface area (Å²) in [4.78, 5) is 14.3. The minimum absolute atomic E-state index is 0.0326. The van der Waals surface area contributed by atoms with Gasteiger partial charge in [-0.15, -0.1) is 17.2 Å². The Hall–Kier alpha value is 2.01. The summed E-state index contributed by atoms with van der Waals surface area (Å²) in [6.07, 6.45) is 10.5. The van der Waals surface area contributed by atoms with Gasteiger partial charge in [0.05, 0.1) is 70.0 Å². The van der Waals surface area contributed by atoms with Crippen molar-refractivity contribution in [1.29, 1.82) is 0 Å². The maximum atomic E-state index is 14.3. The zero-order valence-electron chi connectivity index (χ0n) is 36.1. The van der Waals surface area contributed by atoms with Crippen molar-refractivity contribution in [3.63, 3.8) is 0 Å². The first-order chi connectivity index (χ1) is 28.7. The number of fused-ring (bicyclic) bond motifs is 7. The van der Waals surface area contributed by atoms with E-state index in [2.05, 4.69) is 85.2 Å². The Balaban J connectivity index is 1.14. The highest BCUT2D eigenvalue weighted by molar-refractivity contribution is 8.41. The van der Waals surface area contributed by atoms with Crippen LogP contribution in [0.15, 0.2) is 36.5 Å². The lowest BCUT2D eigenvalue weighted by Crippen LogP contribution is -2.61. The van der Waals surface area contributed by atoms with Gasteiger partial charge >= 0.3 is 0 Å². The van der Waals surface area contributed by atoms with Crippen molar-refractivity contribution in [2.45, 2.75) is 196 Å². The Labute approximate surface area is 376 Å². The fraction of sp³-hybridized carbons (Fsp3) is 0.837. The van der Waals surface area contributed by atoms with E-state index in [1.165, 1.54) is 18.2 Å². The second-order valence-electron chi connectivity index (χ2n) is 19.1. The monoisotopic (exact) mass is 982 g/mol. The Bertz CT molecular complexity index is 1510. The molecule has 7 saturated heterocycles. The van der Waals surface area contributed by atoms with E-state index in [0.717, 1.165) is 83.6 Å². The molecular formula is C43H74O9P8. The van der Waals surface area contributed by atoms with Gasteiger partial charge < -0.3 is 37.5 Å².